The van der Waals surface area contributed by atoms with Crippen molar-refractivity contribution < 1.29 is 14.3 Å². The number of fused-ring (bicyclic) bond motifs is 1. The minimum atomic E-state index is -0.833. The zero-order valence-corrected chi connectivity index (χ0v) is 13.2. The molecular formula is C14H5Cl3O3S. The van der Waals surface area contributed by atoms with Gasteiger partial charge in [0.1, 0.15) is 0 Å². The summed E-state index contributed by atoms with van der Waals surface area (Å²) in [4.78, 5) is 24.6. The smallest absolute Gasteiger partial charge is 0.348 e. The van der Waals surface area contributed by atoms with E-state index in [1.54, 1.807) is 0 Å². The van der Waals surface area contributed by atoms with E-state index in [1.807, 2.05) is 30.3 Å². The molecule has 0 aliphatic carbocycles. The van der Waals surface area contributed by atoms with E-state index in [4.69, 9.17) is 34.8 Å². The van der Waals surface area contributed by atoms with Gasteiger partial charge in [-0.25, -0.2) is 9.59 Å². The van der Waals surface area contributed by atoms with Crippen LogP contribution in [-0.2, 0) is 4.74 Å². The van der Waals surface area contributed by atoms with Crippen molar-refractivity contribution in [2.75, 3.05) is 0 Å². The van der Waals surface area contributed by atoms with Crippen LogP contribution in [0.15, 0.2) is 40.1 Å². The van der Waals surface area contributed by atoms with Crippen molar-refractivity contribution in [2.24, 2.45) is 0 Å². The molecular weight excluding hydrogens is 355 g/mol. The van der Waals surface area contributed by atoms with Gasteiger partial charge < -0.3 is 4.74 Å². The minimum absolute atomic E-state index is 0.0228. The van der Waals surface area contributed by atoms with E-state index in [0.717, 1.165) is 4.90 Å². The Morgan fingerprint density at radius 3 is 2.00 bits per heavy atom. The molecule has 0 atom stereocenters. The van der Waals surface area contributed by atoms with Crippen molar-refractivity contribution in [2.45, 2.75) is 9.79 Å². The molecule has 0 unspecified atom stereocenters. The van der Waals surface area contributed by atoms with Crippen molar-refractivity contribution in [3.63, 3.8) is 0 Å². The summed E-state index contributed by atoms with van der Waals surface area (Å²) in [6.07, 6.45) is 0. The summed E-state index contributed by atoms with van der Waals surface area (Å²) in [5.74, 6) is -1.64. The molecule has 21 heavy (non-hydrogen) atoms. The molecule has 2 aromatic carbocycles. The second kappa shape index (κ2) is 5.54. The molecule has 7 heteroatoms. The van der Waals surface area contributed by atoms with E-state index in [9.17, 15) is 9.59 Å². The number of cyclic esters (lactones) is 2. The van der Waals surface area contributed by atoms with Gasteiger partial charge in [0.25, 0.3) is 0 Å². The second-order valence-corrected chi connectivity index (χ2v) is 6.33. The third-order valence-corrected chi connectivity index (χ3v) is 5.41. The maximum absolute atomic E-state index is 11.7. The fourth-order valence-electron chi connectivity index (χ4n) is 1.90. The van der Waals surface area contributed by atoms with Gasteiger partial charge in [0.2, 0.25) is 0 Å². The highest BCUT2D eigenvalue weighted by molar-refractivity contribution is 7.99. The van der Waals surface area contributed by atoms with Gasteiger partial charge in [0.05, 0.1) is 31.1 Å². The Labute approximate surface area is 139 Å². The summed E-state index contributed by atoms with van der Waals surface area (Å²) in [5, 5.41) is 0.176. The first-order valence-electron chi connectivity index (χ1n) is 5.70. The quantitative estimate of drug-likeness (QED) is 0.424. The minimum Gasteiger partial charge on any atom is -0.386 e. The van der Waals surface area contributed by atoms with Crippen LogP contribution in [0, 0.1) is 0 Å². The van der Waals surface area contributed by atoms with Crippen LogP contribution in [0.1, 0.15) is 20.7 Å². The molecule has 1 heterocycles. The van der Waals surface area contributed by atoms with Gasteiger partial charge in [-0.05, 0) is 12.1 Å². The number of hydrogen-bond donors (Lipinski definition) is 0. The molecule has 0 N–H and O–H groups in total. The van der Waals surface area contributed by atoms with Gasteiger partial charge >= 0.3 is 11.9 Å². The number of benzene rings is 2. The summed E-state index contributed by atoms with van der Waals surface area (Å²) in [6, 6.07) is 9.32. The fraction of sp³-hybridized carbons (Fsp3) is 0. The zero-order valence-electron chi connectivity index (χ0n) is 10.2. The molecule has 1 aliphatic rings. The summed E-state index contributed by atoms with van der Waals surface area (Å²) < 4.78 is 4.54. The molecule has 0 spiro atoms. The monoisotopic (exact) mass is 358 g/mol. The summed E-state index contributed by atoms with van der Waals surface area (Å²) in [5.41, 5.74) is -0.108. The standard InChI is InChI=1S/C14H5Cl3O3S/c15-9-7-8(14(19)20-13(7)18)10(16)12(11(9)17)21-6-4-2-1-3-5-6/h1-5H. The van der Waals surface area contributed by atoms with E-state index < -0.39 is 11.9 Å². The number of ether oxygens (including phenoxy) is 1. The Morgan fingerprint density at radius 2 is 1.38 bits per heavy atom. The van der Waals surface area contributed by atoms with Gasteiger partial charge in [-0.3, -0.25) is 0 Å². The largest absolute Gasteiger partial charge is 0.386 e. The molecule has 0 bridgehead atoms. The molecule has 0 amide bonds. The van der Waals surface area contributed by atoms with E-state index in [1.165, 1.54) is 11.8 Å². The van der Waals surface area contributed by atoms with E-state index in [0.29, 0.717) is 4.90 Å². The third-order valence-electron chi connectivity index (χ3n) is 2.84. The Balaban J connectivity index is 2.19. The predicted octanol–water partition coefficient (Wildman–Crippen LogP) is 5.11. The lowest BCUT2D eigenvalue weighted by atomic mass is 10.1. The highest BCUT2D eigenvalue weighted by Gasteiger charge is 2.38. The zero-order chi connectivity index (χ0) is 15.1. The first-order valence-corrected chi connectivity index (χ1v) is 7.65. The normalized spacial score (nSPS) is 13.3. The lowest BCUT2D eigenvalue weighted by Crippen LogP contribution is -1.97. The first-order chi connectivity index (χ1) is 10.0. The van der Waals surface area contributed by atoms with Crippen LogP contribution in [0.5, 0.6) is 0 Å². The van der Waals surface area contributed by atoms with Crippen LogP contribution in [0.2, 0.25) is 15.1 Å². The van der Waals surface area contributed by atoms with Crippen molar-refractivity contribution in [3.05, 3.63) is 56.5 Å². The number of hydrogen-bond acceptors (Lipinski definition) is 4. The highest BCUT2D eigenvalue weighted by atomic mass is 35.5. The molecule has 0 saturated carbocycles. The van der Waals surface area contributed by atoms with Crippen LogP contribution >= 0.6 is 46.6 Å². The maximum atomic E-state index is 11.7. The van der Waals surface area contributed by atoms with Gasteiger partial charge in [-0.1, -0.05) is 64.8 Å². The van der Waals surface area contributed by atoms with E-state index in [-0.39, 0.29) is 26.2 Å². The molecule has 0 aromatic heterocycles. The lowest BCUT2D eigenvalue weighted by molar-refractivity contribution is 0.0444. The van der Waals surface area contributed by atoms with Crippen LogP contribution in [0.25, 0.3) is 0 Å². The molecule has 0 radical (unpaired) electrons. The summed E-state index contributed by atoms with van der Waals surface area (Å²) >= 11 is 19.8. The van der Waals surface area contributed by atoms with Crippen molar-refractivity contribution >= 4 is 58.5 Å². The van der Waals surface area contributed by atoms with Crippen molar-refractivity contribution in [1.29, 1.82) is 0 Å². The van der Waals surface area contributed by atoms with Crippen LogP contribution < -0.4 is 0 Å². The lowest BCUT2D eigenvalue weighted by Gasteiger charge is -2.11. The van der Waals surface area contributed by atoms with Crippen LogP contribution in [-0.4, -0.2) is 11.9 Å². The van der Waals surface area contributed by atoms with Gasteiger partial charge in [0.15, 0.2) is 0 Å². The average molecular weight is 360 g/mol. The van der Waals surface area contributed by atoms with Crippen molar-refractivity contribution in [1.82, 2.24) is 0 Å². The molecule has 106 valence electrons. The Morgan fingerprint density at radius 1 is 0.810 bits per heavy atom. The molecule has 2 aromatic rings. The average Bonchev–Trinajstić information content (AvgIpc) is 2.77. The number of carbonyl (C=O) groups excluding carboxylic acids is 2. The first kappa shape index (κ1) is 14.7. The predicted molar refractivity (Wildman–Crippen MR) is 81.8 cm³/mol. The van der Waals surface area contributed by atoms with Crippen LogP contribution in [0.3, 0.4) is 0 Å². The Hall–Kier alpha value is -1.20. The number of carbonyl (C=O) groups is 2. The Kier molecular flexibility index (Phi) is 3.88. The van der Waals surface area contributed by atoms with Crippen molar-refractivity contribution in [3.8, 4) is 0 Å². The fourth-order valence-corrected chi connectivity index (χ4v) is 3.87. The third kappa shape index (κ3) is 2.42. The van der Waals surface area contributed by atoms with Gasteiger partial charge in [-0.15, -0.1) is 0 Å². The molecule has 3 nitrogen and oxygen atoms in total. The molecule has 0 fully saturated rings. The van der Waals surface area contributed by atoms with E-state index >= 15 is 0 Å². The van der Waals surface area contributed by atoms with E-state index in [2.05, 4.69) is 4.74 Å². The molecule has 1 aliphatic heterocycles. The molecule has 3 rings (SSSR count). The highest BCUT2D eigenvalue weighted by Crippen LogP contribution is 2.47. The molecule has 0 saturated heterocycles. The summed E-state index contributed by atoms with van der Waals surface area (Å²) in [6.45, 7) is 0. The second-order valence-electron chi connectivity index (χ2n) is 4.11. The maximum Gasteiger partial charge on any atom is 0.348 e. The van der Waals surface area contributed by atoms with Crippen LogP contribution in [0.4, 0.5) is 0 Å². The topological polar surface area (TPSA) is 43.4 Å². The number of rotatable bonds is 2. The van der Waals surface area contributed by atoms with Gasteiger partial charge in [0, 0.05) is 4.90 Å². The summed E-state index contributed by atoms with van der Waals surface area (Å²) in [7, 11) is 0. The van der Waals surface area contributed by atoms with Gasteiger partial charge in [-0.2, -0.15) is 0 Å². The Bertz CT molecular complexity index is 775. The number of esters is 2. The SMILES string of the molecule is O=C1OC(=O)c2c(Cl)c(Sc3ccccc3)c(Cl)c(Cl)c21. The number of halogens is 3.